The molecular weight excluding hydrogens is 456 g/mol. The molecule has 0 N–H and O–H groups in total. The number of anilines is 1. The summed E-state index contributed by atoms with van der Waals surface area (Å²) in [6.07, 6.45) is 3.86. The van der Waals surface area contributed by atoms with Gasteiger partial charge in [-0.15, -0.1) is 11.3 Å². The van der Waals surface area contributed by atoms with Crippen LogP contribution in [0.3, 0.4) is 0 Å². The van der Waals surface area contributed by atoms with E-state index < -0.39 is 17.9 Å². The van der Waals surface area contributed by atoms with Crippen molar-refractivity contribution in [1.82, 2.24) is 4.90 Å². The second-order valence-electron chi connectivity index (χ2n) is 9.18. The molecule has 0 saturated carbocycles. The maximum absolute atomic E-state index is 14.1. The fourth-order valence-corrected chi connectivity index (χ4v) is 6.76. The number of nitrogens with zero attached hydrogens (tertiary/aromatic N) is 2. The van der Waals surface area contributed by atoms with E-state index in [-0.39, 0.29) is 23.6 Å². The van der Waals surface area contributed by atoms with Crippen molar-refractivity contribution in [3.05, 3.63) is 106 Å². The number of thiophene rings is 1. The van der Waals surface area contributed by atoms with Gasteiger partial charge in [-0.05, 0) is 40.1 Å². The molecular formula is C29H20N2O3S. The zero-order valence-corrected chi connectivity index (χ0v) is 19.4. The van der Waals surface area contributed by atoms with Crippen LogP contribution < -0.4 is 4.90 Å². The van der Waals surface area contributed by atoms with Crippen molar-refractivity contribution >= 4 is 51.5 Å². The molecule has 2 amide bonds. The van der Waals surface area contributed by atoms with Gasteiger partial charge in [0.1, 0.15) is 6.04 Å². The lowest BCUT2D eigenvalue weighted by Crippen LogP contribution is -2.44. The molecule has 3 aromatic carbocycles. The van der Waals surface area contributed by atoms with Gasteiger partial charge in [-0.2, -0.15) is 0 Å². The molecule has 170 valence electrons. The molecule has 3 aliphatic heterocycles. The molecule has 4 heterocycles. The Labute approximate surface area is 205 Å². The second kappa shape index (κ2) is 7.48. The first-order valence-electron chi connectivity index (χ1n) is 11.6. The van der Waals surface area contributed by atoms with Gasteiger partial charge in [-0.25, -0.2) is 4.90 Å². The van der Waals surface area contributed by atoms with E-state index in [2.05, 4.69) is 0 Å². The summed E-state index contributed by atoms with van der Waals surface area (Å²) in [4.78, 5) is 45.9. The molecule has 35 heavy (non-hydrogen) atoms. The van der Waals surface area contributed by atoms with Crippen LogP contribution in [-0.4, -0.2) is 28.5 Å². The Morgan fingerprint density at radius 1 is 0.800 bits per heavy atom. The van der Waals surface area contributed by atoms with Crippen molar-refractivity contribution in [2.45, 2.75) is 12.1 Å². The maximum Gasteiger partial charge on any atom is 0.240 e. The van der Waals surface area contributed by atoms with Gasteiger partial charge in [-0.3, -0.25) is 14.4 Å². The third-order valence-corrected chi connectivity index (χ3v) is 8.39. The number of carbonyl (C=O) groups excluding carboxylic acids is 3. The van der Waals surface area contributed by atoms with Crippen molar-refractivity contribution < 1.29 is 14.4 Å². The van der Waals surface area contributed by atoms with E-state index in [9.17, 15) is 14.4 Å². The van der Waals surface area contributed by atoms with Gasteiger partial charge in [0.25, 0.3) is 0 Å². The molecule has 0 aliphatic carbocycles. The standard InChI is InChI=1S/C29H20N2O3S/c32-27(22-13-6-16-35-22)26-24-23(25-20-11-4-2-8-18(20)14-15-30(25)26)28(33)31(29(24)34)21-12-5-9-17-7-1-3-10-19(17)21/h1-16,23-26H/t23-,24+,25-,26-/m0/s1. The van der Waals surface area contributed by atoms with E-state index in [4.69, 9.17) is 0 Å². The molecule has 4 atom stereocenters. The van der Waals surface area contributed by atoms with Crippen LogP contribution in [-0.2, 0) is 9.59 Å². The van der Waals surface area contributed by atoms with Gasteiger partial charge in [0.05, 0.1) is 28.4 Å². The first-order chi connectivity index (χ1) is 17.1. The Morgan fingerprint density at radius 2 is 1.57 bits per heavy atom. The SMILES string of the molecule is O=C(c1cccs1)[C@@H]1[C@@H]2C(=O)N(c3cccc4ccccc34)C(=O)[C@@H]2[C@@H]2c3ccccc3C=CN12. The highest BCUT2D eigenvalue weighted by molar-refractivity contribution is 7.12. The lowest BCUT2D eigenvalue weighted by molar-refractivity contribution is -0.123. The largest absolute Gasteiger partial charge is 0.358 e. The van der Waals surface area contributed by atoms with Crippen molar-refractivity contribution in [2.75, 3.05) is 4.90 Å². The van der Waals surface area contributed by atoms with Crippen molar-refractivity contribution in [2.24, 2.45) is 11.8 Å². The molecule has 1 aromatic heterocycles. The van der Waals surface area contributed by atoms with Gasteiger partial charge in [-0.1, -0.05) is 66.7 Å². The van der Waals surface area contributed by atoms with Gasteiger partial charge >= 0.3 is 0 Å². The first kappa shape index (κ1) is 20.4. The number of hydrogen-bond donors (Lipinski definition) is 0. The van der Waals surface area contributed by atoms with E-state index in [1.165, 1.54) is 16.2 Å². The molecule has 0 bridgehead atoms. The third-order valence-electron chi connectivity index (χ3n) is 7.50. The number of fused-ring (bicyclic) bond motifs is 6. The number of benzene rings is 3. The lowest BCUT2D eigenvalue weighted by Gasteiger charge is -2.35. The number of ketones is 1. The van der Waals surface area contributed by atoms with Crippen LogP contribution in [0.2, 0.25) is 0 Å². The number of carbonyl (C=O) groups is 3. The molecule has 0 radical (unpaired) electrons. The van der Waals surface area contributed by atoms with Gasteiger partial charge in [0, 0.05) is 11.6 Å². The zero-order valence-electron chi connectivity index (χ0n) is 18.6. The highest BCUT2D eigenvalue weighted by atomic mass is 32.1. The van der Waals surface area contributed by atoms with E-state index in [1.54, 1.807) is 6.07 Å². The fourth-order valence-electron chi connectivity index (χ4n) is 6.06. The van der Waals surface area contributed by atoms with E-state index in [0.717, 1.165) is 21.9 Å². The van der Waals surface area contributed by atoms with E-state index >= 15 is 0 Å². The van der Waals surface area contributed by atoms with Gasteiger partial charge < -0.3 is 4.90 Å². The Hall–Kier alpha value is -4.03. The Bertz CT molecular complexity index is 1550. The van der Waals surface area contributed by atoms with Crippen LogP contribution in [0, 0.1) is 11.8 Å². The summed E-state index contributed by atoms with van der Waals surface area (Å²) in [6, 6.07) is 23.9. The third kappa shape index (κ3) is 2.77. The molecule has 2 fully saturated rings. The Balaban J connectivity index is 1.41. The summed E-state index contributed by atoms with van der Waals surface area (Å²) in [7, 11) is 0. The minimum absolute atomic E-state index is 0.109. The minimum Gasteiger partial charge on any atom is -0.358 e. The summed E-state index contributed by atoms with van der Waals surface area (Å²) in [5.74, 6) is -2.04. The average molecular weight is 477 g/mol. The van der Waals surface area contributed by atoms with Crippen molar-refractivity contribution in [3.8, 4) is 0 Å². The lowest BCUT2D eigenvalue weighted by atomic mass is 9.84. The molecule has 2 saturated heterocycles. The summed E-state index contributed by atoms with van der Waals surface area (Å²) in [5, 5.41) is 3.67. The topological polar surface area (TPSA) is 57.7 Å². The number of imide groups is 1. The summed E-state index contributed by atoms with van der Waals surface area (Å²) in [5.41, 5.74) is 2.58. The van der Waals surface area contributed by atoms with Crippen LogP contribution >= 0.6 is 11.3 Å². The molecule has 5 nitrogen and oxygen atoms in total. The van der Waals surface area contributed by atoms with Crippen LogP contribution in [0.1, 0.15) is 26.8 Å². The smallest absolute Gasteiger partial charge is 0.240 e. The van der Waals surface area contributed by atoms with Crippen molar-refractivity contribution in [3.63, 3.8) is 0 Å². The monoisotopic (exact) mass is 476 g/mol. The molecule has 3 aliphatic rings. The Kier molecular flexibility index (Phi) is 4.35. The highest BCUT2D eigenvalue weighted by Crippen LogP contribution is 2.54. The molecule has 4 aromatic rings. The minimum atomic E-state index is -0.753. The summed E-state index contributed by atoms with van der Waals surface area (Å²) in [6.45, 7) is 0. The normalized spacial score (nSPS) is 24.6. The maximum atomic E-state index is 14.1. The van der Waals surface area contributed by atoms with Crippen molar-refractivity contribution in [1.29, 1.82) is 0 Å². The average Bonchev–Trinajstić information content (AvgIpc) is 3.60. The summed E-state index contributed by atoms with van der Waals surface area (Å²) < 4.78 is 0. The van der Waals surface area contributed by atoms with Crippen LogP contribution in [0.5, 0.6) is 0 Å². The summed E-state index contributed by atoms with van der Waals surface area (Å²) >= 11 is 1.37. The van der Waals surface area contributed by atoms with E-state index in [1.807, 2.05) is 95.4 Å². The predicted octanol–water partition coefficient (Wildman–Crippen LogP) is 5.30. The zero-order chi connectivity index (χ0) is 23.7. The molecule has 0 spiro atoms. The number of rotatable bonds is 3. The van der Waals surface area contributed by atoms with E-state index in [0.29, 0.717) is 10.6 Å². The number of amides is 2. The van der Waals surface area contributed by atoms with Crippen LogP contribution in [0.4, 0.5) is 5.69 Å². The number of hydrogen-bond acceptors (Lipinski definition) is 5. The van der Waals surface area contributed by atoms with Gasteiger partial charge in [0.2, 0.25) is 11.8 Å². The van der Waals surface area contributed by atoms with Gasteiger partial charge in [0.15, 0.2) is 5.78 Å². The quantitative estimate of drug-likeness (QED) is 0.297. The van der Waals surface area contributed by atoms with Crippen LogP contribution in [0.25, 0.3) is 16.8 Å². The molecule has 0 unspecified atom stereocenters. The second-order valence-corrected chi connectivity index (χ2v) is 10.1. The predicted molar refractivity (Wildman–Crippen MR) is 136 cm³/mol. The first-order valence-corrected chi connectivity index (χ1v) is 12.5. The number of Topliss-reactive ketones (excluding diaryl/α,β-unsaturated/α-hetero) is 1. The Morgan fingerprint density at radius 3 is 2.43 bits per heavy atom. The molecule has 7 rings (SSSR count). The fraction of sp³-hybridized carbons (Fsp3) is 0.138. The van der Waals surface area contributed by atoms with Crippen LogP contribution in [0.15, 0.2) is 90.4 Å². The molecule has 6 heteroatoms. The highest BCUT2D eigenvalue weighted by Gasteiger charge is 2.64.